The minimum atomic E-state index is -2.49. The number of nitrogens with one attached hydrogen (secondary N) is 2. The van der Waals surface area contributed by atoms with Crippen LogP contribution >= 0.6 is 28.7 Å². The van der Waals surface area contributed by atoms with E-state index in [1.807, 2.05) is 6.92 Å². The Balaban J connectivity index is 2.25. The van der Waals surface area contributed by atoms with E-state index in [9.17, 15) is 9.59 Å². The minimum absolute atomic E-state index is 0.0952. The Morgan fingerprint density at radius 3 is 2.57 bits per heavy atom. The summed E-state index contributed by atoms with van der Waals surface area (Å²) in [6.45, 7) is 1.86. The number of anilines is 1. The molecule has 8 nitrogen and oxygen atoms in total. The maximum Gasteiger partial charge on any atom is 0.316 e. The summed E-state index contributed by atoms with van der Waals surface area (Å²) >= 11 is 8.03. The van der Waals surface area contributed by atoms with Crippen LogP contribution in [0.2, 0.25) is 0 Å². The molecule has 1 atom stereocenters. The zero-order valence-electron chi connectivity index (χ0n) is 12.6. The molecule has 0 fully saturated rings. The van der Waals surface area contributed by atoms with E-state index in [1.54, 1.807) is 0 Å². The monoisotopic (exact) mass is 394 g/mol. The lowest BCUT2D eigenvalue weighted by molar-refractivity contribution is -0.138. The average molecular weight is 394 g/mol. The van der Waals surface area contributed by atoms with Crippen LogP contribution < -0.4 is 5.09 Å². The van der Waals surface area contributed by atoms with Gasteiger partial charge in [-0.25, -0.2) is 4.76 Å². The van der Waals surface area contributed by atoms with Crippen molar-refractivity contribution in [3.63, 3.8) is 0 Å². The standard InChI is InChI=1S/C11H15N4O4PS3/c1-6-9-10(13-12-6)14-20(21,23-5-8(17)19-3)15-11(9)22-4-7(16)18-2/h4-5H2,1-3H3,(H2,12,13,14,15,21). The molecule has 1 aliphatic heterocycles. The second-order valence-corrected chi connectivity index (χ2v) is 11.9. The Morgan fingerprint density at radius 2 is 1.91 bits per heavy atom. The highest BCUT2D eigenvalue weighted by molar-refractivity contribution is 8.71. The van der Waals surface area contributed by atoms with E-state index in [-0.39, 0.29) is 23.4 Å². The topological polar surface area (TPSA) is 106 Å². The van der Waals surface area contributed by atoms with Gasteiger partial charge in [0.05, 0.1) is 31.3 Å². The van der Waals surface area contributed by atoms with Gasteiger partial charge in [-0.15, -0.1) is 0 Å². The molecule has 2 heterocycles. The highest BCUT2D eigenvalue weighted by Crippen LogP contribution is 2.62. The summed E-state index contributed by atoms with van der Waals surface area (Å²) < 4.78 is 13.9. The summed E-state index contributed by atoms with van der Waals surface area (Å²) in [6, 6.07) is 0. The summed E-state index contributed by atoms with van der Waals surface area (Å²) in [7, 11) is 2.65. The van der Waals surface area contributed by atoms with E-state index in [1.165, 1.54) is 37.4 Å². The van der Waals surface area contributed by atoms with Crippen molar-refractivity contribution in [1.29, 1.82) is 0 Å². The first-order chi connectivity index (χ1) is 10.9. The number of fused-ring (bicyclic) bond motifs is 1. The Morgan fingerprint density at radius 1 is 1.26 bits per heavy atom. The van der Waals surface area contributed by atoms with Crippen molar-refractivity contribution in [2.24, 2.45) is 4.76 Å². The van der Waals surface area contributed by atoms with E-state index in [4.69, 9.17) is 11.8 Å². The fraction of sp³-hybridized carbons (Fsp3) is 0.455. The Bertz CT molecular complexity index is 705. The third-order valence-corrected chi connectivity index (χ3v) is 8.95. The van der Waals surface area contributed by atoms with Crippen molar-refractivity contribution < 1.29 is 19.1 Å². The molecular weight excluding hydrogens is 379 g/mol. The Kier molecular flexibility index (Phi) is 6.12. The number of hydrogen-bond acceptors (Lipinski definition) is 8. The van der Waals surface area contributed by atoms with Crippen LogP contribution in [0.25, 0.3) is 0 Å². The van der Waals surface area contributed by atoms with Crippen LogP contribution in [-0.2, 0) is 30.9 Å². The zero-order chi connectivity index (χ0) is 17.0. The van der Waals surface area contributed by atoms with Crippen molar-refractivity contribution in [1.82, 2.24) is 10.2 Å². The molecule has 1 unspecified atom stereocenters. The summed E-state index contributed by atoms with van der Waals surface area (Å²) in [5, 5.41) is 10.8. The average Bonchev–Trinajstić information content (AvgIpc) is 2.90. The second kappa shape index (κ2) is 7.69. The number of esters is 2. The maximum atomic E-state index is 11.4. The first-order valence-electron chi connectivity index (χ1n) is 6.33. The smallest absolute Gasteiger partial charge is 0.316 e. The first-order valence-corrected chi connectivity index (χ1v) is 11.7. The highest BCUT2D eigenvalue weighted by Gasteiger charge is 2.31. The van der Waals surface area contributed by atoms with Crippen LogP contribution in [0.1, 0.15) is 11.3 Å². The van der Waals surface area contributed by atoms with Gasteiger partial charge in [0.15, 0.2) is 11.4 Å². The van der Waals surface area contributed by atoms with E-state index in [0.29, 0.717) is 10.9 Å². The molecule has 12 heteroatoms. The molecule has 23 heavy (non-hydrogen) atoms. The molecule has 0 aromatic carbocycles. The molecule has 2 N–H and O–H groups in total. The van der Waals surface area contributed by atoms with Crippen molar-refractivity contribution in [3.8, 4) is 0 Å². The molecule has 0 aliphatic carbocycles. The number of rotatable bonds is 5. The molecule has 1 aliphatic rings. The number of methoxy groups -OCH3 is 2. The number of ether oxygens (including phenoxy) is 2. The zero-order valence-corrected chi connectivity index (χ0v) is 16.0. The molecule has 0 amide bonds. The van der Waals surface area contributed by atoms with Crippen molar-refractivity contribution in [2.45, 2.75) is 6.92 Å². The van der Waals surface area contributed by atoms with Crippen LogP contribution in [0.4, 0.5) is 5.82 Å². The van der Waals surface area contributed by atoms with Gasteiger partial charge in [0, 0.05) is 5.69 Å². The van der Waals surface area contributed by atoms with E-state index >= 15 is 0 Å². The van der Waals surface area contributed by atoms with Gasteiger partial charge >= 0.3 is 11.9 Å². The number of aryl methyl sites for hydroxylation is 1. The maximum absolute atomic E-state index is 11.4. The van der Waals surface area contributed by atoms with Crippen molar-refractivity contribution in [3.05, 3.63) is 11.3 Å². The lowest BCUT2D eigenvalue weighted by Crippen LogP contribution is -2.13. The van der Waals surface area contributed by atoms with E-state index in [0.717, 1.165) is 11.3 Å². The highest BCUT2D eigenvalue weighted by atomic mass is 32.9. The van der Waals surface area contributed by atoms with Gasteiger partial charge in [0.2, 0.25) is 0 Å². The fourth-order valence-corrected chi connectivity index (χ4v) is 7.35. The SMILES string of the molecule is COC(=O)CSC1=NP(=S)(SCC(=O)OC)Nc2n[nH]c(C)c21. The molecule has 0 saturated carbocycles. The van der Waals surface area contributed by atoms with Gasteiger partial charge in [-0.3, -0.25) is 14.7 Å². The van der Waals surface area contributed by atoms with Crippen LogP contribution in [0, 0.1) is 6.92 Å². The van der Waals surface area contributed by atoms with Gasteiger partial charge in [0.1, 0.15) is 5.04 Å². The summed E-state index contributed by atoms with van der Waals surface area (Å²) in [5.74, 6) is 0.0814. The number of carbonyl (C=O) groups excluding carboxylic acids is 2. The quantitative estimate of drug-likeness (QED) is 0.572. The second-order valence-electron chi connectivity index (χ2n) is 4.32. The van der Waals surface area contributed by atoms with Crippen LogP contribution in [0.5, 0.6) is 0 Å². The summed E-state index contributed by atoms with van der Waals surface area (Å²) in [6.07, 6.45) is 0. The largest absolute Gasteiger partial charge is 0.468 e. The molecule has 1 aromatic heterocycles. The summed E-state index contributed by atoms with van der Waals surface area (Å²) in [4.78, 5) is 22.7. The molecule has 0 spiro atoms. The normalized spacial score (nSPS) is 19.3. The molecule has 1 aromatic rings. The van der Waals surface area contributed by atoms with Gasteiger partial charge < -0.3 is 14.6 Å². The number of hydrogen-bond donors (Lipinski definition) is 2. The Labute approximate surface area is 146 Å². The lowest BCUT2D eigenvalue weighted by atomic mass is 10.2. The third kappa shape index (κ3) is 4.50. The number of H-pyrrole nitrogens is 1. The fourth-order valence-electron chi connectivity index (χ4n) is 1.65. The predicted octanol–water partition coefficient (Wildman–Crippen LogP) is 1.93. The lowest BCUT2D eigenvalue weighted by Gasteiger charge is -2.24. The van der Waals surface area contributed by atoms with Crippen LogP contribution in [0.3, 0.4) is 0 Å². The number of thioether (sulfide) groups is 1. The number of aromatic amines is 1. The van der Waals surface area contributed by atoms with Gasteiger partial charge in [0.25, 0.3) is 0 Å². The Hall–Kier alpha value is -1.03. The first kappa shape index (κ1) is 18.3. The number of nitrogens with zero attached hydrogens (tertiary/aromatic N) is 2. The number of aromatic nitrogens is 2. The minimum Gasteiger partial charge on any atom is -0.468 e. The van der Waals surface area contributed by atoms with Gasteiger partial charge in [-0.2, -0.15) is 5.10 Å². The van der Waals surface area contributed by atoms with E-state index < -0.39 is 5.54 Å². The van der Waals surface area contributed by atoms with Crippen molar-refractivity contribution >= 4 is 63.3 Å². The molecule has 0 bridgehead atoms. The molecule has 2 rings (SSSR count). The summed E-state index contributed by atoms with van der Waals surface area (Å²) in [5.41, 5.74) is -0.880. The molecule has 0 radical (unpaired) electrons. The molecule has 126 valence electrons. The van der Waals surface area contributed by atoms with Crippen molar-refractivity contribution in [2.75, 3.05) is 30.8 Å². The molecule has 0 saturated heterocycles. The predicted molar refractivity (Wildman–Crippen MR) is 96.7 cm³/mol. The van der Waals surface area contributed by atoms with Crippen LogP contribution in [-0.4, -0.2) is 52.9 Å². The van der Waals surface area contributed by atoms with Gasteiger partial charge in [-0.05, 0) is 18.7 Å². The molecular formula is C11H15N4O4PS3. The third-order valence-electron chi connectivity index (χ3n) is 2.77. The number of carbonyl (C=O) groups is 2. The van der Waals surface area contributed by atoms with E-state index in [2.05, 4.69) is 29.5 Å². The van der Waals surface area contributed by atoms with Crippen LogP contribution in [0.15, 0.2) is 4.76 Å². The van der Waals surface area contributed by atoms with Gasteiger partial charge in [-0.1, -0.05) is 23.1 Å².